The minimum Gasteiger partial charge on any atom is -0.493 e. The topological polar surface area (TPSA) is 68.3 Å². The number of ether oxygens (including phenoxy) is 2. The summed E-state index contributed by atoms with van der Waals surface area (Å²) in [4.78, 5) is 9.25. The first-order valence-corrected chi connectivity index (χ1v) is 9.36. The molecule has 1 heterocycles. The molecular formula is C22H26N4O2. The fourth-order valence-electron chi connectivity index (χ4n) is 2.79. The van der Waals surface area contributed by atoms with E-state index in [0.717, 1.165) is 35.6 Å². The molecule has 6 heteroatoms. The van der Waals surface area contributed by atoms with Gasteiger partial charge in [-0.05, 0) is 24.1 Å². The van der Waals surface area contributed by atoms with Crippen molar-refractivity contribution in [3.63, 3.8) is 0 Å². The molecule has 0 aliphatic rings. The SMILES string of the molecule is CCCNc1nc(NCc2ccc(OC)c(OC)c2)cc(-c2ccccc2)n1. The van der Waals surface area contributed by atoms with Gasteiger partial charge in [0.2, 0.25) is 5.95 Å². The van der Waals surface area contributed by atoms with Gasteiger partial charge < -0.3 is 20.1 Å². The molecule has 0 amide bonds. The molecule has 6 nitrogen and oxygen atoms in total. The first-order valence-electron chi connectivity index (χ1n) is 9.36. The van der Waals surface area contributed by atoms with Crippen LogP contribution in [0.5, 0.6) is 11.5 Å². The van der Waals surface area contributed by atoms with Gasteiger partial charge in [0.15, 0.2) is 11.5 Å². The summed E-state index contributed by atoms with van der Waals surface area (Å²) in [6, 6.07) is 17.9. The van der Waals surface area contributed by atoms with Crippen LogP contribution in [0.2, 0.25) is 0 Å². The van der Waals surface area contributed by atoms with E-state index in [-0.39, 0.29) is 0 Å². The molecule has 0 fully saturated rings. The summed E-state index contributed by atoms with van der Waals surface area (Å²) in [7, 11) is 3.27. The van der Waals surface area contributed by atoms with Gasteiger partial charge in [-0.2, -0.15) is 4.98 Å². The van der Waals surface area contributed by atoms with Crippen LogP contribution < -0.4 is 20.1 Å². The van der Waals surface area contributed by atoms with Gasteiger partial charge in [0, 0.05) is 24.7 Å². The maximum Gasteiger partial charge on any atom is 0.225 e. The van der Waals surface area contributed by atoms with E-state index < -0.39 is 0 Å². The molecule has 0 unspecified atom stereocenters. The molecule has 3 rings (SSSR count). The van der Waals surface area contributed by atoms with Crippen molar-refractivity contribution in [1.29, 1.82) is 0 Å². The Hall–Kier alpha value is -3.28. The molecule has 146 valence electrons. The predicted molar refractivity (Wildman–Crippen MR) is 113 cm³/mol. The zero-order valence-electron chi connectivity index (χ0n) is 16.5. The molecule has 0 aliphatic heterocycles. The van der Waals surface area contributed by atoms with Crippen molar-refractivity contribution in [1.82, 2.24) is 9.97 Å². The first-order chi connectivity index (χ1) is 13.7. The number of benzene rings is 2. The quantitative estimate of drug-likeness (QED) is 0.567. The molecule has 2 aromatic carbocycles. The highest BCUT2D eigenvalue weighted by molar-refractivity contribution is 5.64. The number of aromatic nitrogens is 2. The maximum atomic E-state index is 5.38. The standard InChI is InChI=1S/C22H26N4O2/c1-4-12-23-22-25-18(17-8-6-5-7-9-17)14-21(26-22)24-15-16-10-11-19(27-2)20(13-16)28-3/h5-11,13-14H,4,12,15H2,1-3H3,(H2,23,24,25,26). The van der Waals surface area contributed by atoms with Gasteiger partial charge in [0.25, 0.3) is 0 Å². The summed E-state index contributed by atoms with van der Waals surface area (Å²) in [6.45, 7) is 3.55. The van der Waals surface area contributed by atoms with E-state index >= 15 is 0 Å². The Bertz CT molecular complexity index is 900. The second kappa shape index (κ2) is 9.60. The fraction of sp³-hybridized carbons (Fsp3) is 0.273. The lowest BCUT2D eigenvalue weighted by Crippen LogP contribution is -2.08. The van der Waals surface area contributed by atoms with E-state index in [0.29, 0.717) is 24.0 Å². The summed E-state index contributed by atoms with van der Waals surface area (Å²) in [5.74, 6) is 2.81. The monoisotopic (exact) mass is 378 g/mol. The Morgan fingerprint density at radius 1 is 0.857 bits per heavy atom. The van der Waals surface area contributed by atoms with E-state index in [9.17, 15) is 0 Å². The number of nitrogens with zero attached hydrogens (tertiary/aromatic N) is 2. The van der Waals surface area contributed by atoms with Crippen molar-refractivity contribution in [2.45, 2.75) is 19.9 Å². The predicted octanol–water partition coefficient (Wildman–Crippen LogP) is 4.59. The number of anilines is 2. The van der Waals surface area contributed by atoms with Crippen LogP contribution in [0, 0.1) is 0 Å². The second-order valence-electron chi connectivity index (χ2n) is 6.30. The highest BCUT2D eigenvalue weighted by Gasteiger charge is 2.08. The van der Waals surface area contributed by atoms with E-state index in [1.807, 2.05) is 54.6 Å². The van der Waals surface area contributed by atoms with E-state index in [2.05, 4.69) is 27.5 Å². The lowest BCUT2D eigenvalue weighted by Gasteiger charge is -2.13. The van der Waals surface area contributed by atoms with Gasteiger partial charge >= 0.3 is 0 Å². The van der Waals surface area contributed by atoms with Crippen LogP contribution in [-0.2, 0) is 6.54 Å². The van der Waals surface area contributed by atoms with E-state index in [4.69, 9.17) is 9.47 Å². The molecule has 0 saturated heterocycles. The molecule has 1 aromatic heterocycles. The molecule has 0 aliphatic carbocycles. The van der Waals surface area contributed by atoms with Crippen LogP contribution in [0.3, 0.4) is 0 Å². The van der Waals surface area contributed by atoms with Gasteiger partial charge in [-0.1, -0.05) is 43.3 Å². The Balaban J connectivity index is 1.82. The molecule has 0 radical (unpaired) electrons. The zero-order chi connectivity index (χ0) is 19.8. The summed E-state index contributed by atoms with van der Waals surface area (Å²) >= 11 is 0. The number of hydrogen-bond donors (Lipinski definition) is 2. The average Bonchev–Trinajstić information content (AvgIpc) is 2.76. The third-order valence-electron chi connectivity index (χ3n) is 4.25. The lowest BCUT2D eigenvalue weighted by atomic mass is 10.1. The van der Waals surface area contributed by atoms with Crippen LogP contribution in [-0.4, -0.2) is 30.7 Å². The lowest BCUT2D eigenvalue weighted by molar-refractivity contribution is 0.354. The highest BCUT2D eigenvalue weighted by Crippen LogP contribution is 2.28. The minimum absolute atomic E-state index is 0.610. The van der Waals surface area contributed by atoms with Crippen molar-refractivity contribution >= 4 is 11.8 Å². The molecule has 3 aromatic rings. The summed E-state index contributed by atoms with van der Waals surface area (Å²) in [5.41, 5.74) is 3.00. The third kappa shape index (κ3) is 4.91. The maximum absolute atomic E-state index is 5.38. The van der Waals surface area contributed by atoms with Crippen molar-refractivity contribution in [3.05, 3.63) is 60.2 Å². The summed E-state index contributed by atoms with van der Waals surface area (Å²) < 4.78 is 10.7. The van der Waals surface area contributed by atoms with Crippen molar-refractivity contribution in [2.75, 3.05) is 31.4 Å². The Kier molecular flexibility index (Phi) is 6.68. The van der Waals surface area contributed by atoms with E-state index in [1.165, 1.54) is 0 Å². The molecule has 0 spiro atoms. The normalized spacial score (nSPS) is 10.4. The molecule has 28 heavy (non-hydrogen) atoms. The second-order valence-corrected chi connectivity index (χ2v) is 6.30. The molecule has 0 saturated carbocycles. The van der Waals surface area contributed by atoms with Crippen LogP contribution in [0.1, 0.15) is 18.9 Å². The van der Waals surface area contributed by atoms with Crippen LogP contribution in [0.25, 0.3) is 11.3 Å². The summed E-state index contributed by atoms with van der Waals surface area (Å²) in [5, 5.41) is 6.67. The Morgan fingerprint density at radius 3 is 2.36 bits per heavy atom. The number of rotatable bonds is 9. The van der Waals surface area contributed by atoms with Gasteiger partial charge in [-0.25, -0.2) is 4.98 Å². The van der Waals surface area contributed by atoms with Gasteiger partial charge in [0.1, 0.15) is 5.82 Å². The Labute approximate surface area is 166 Å². The van der Waals surface area contributed by atoms with Crippen LogP contribution in [0.15, 0.2) is 54.6 Å². The smallest absolute Gasteiger partial charge is 0.225 e. The van der Waals surface area contributed by atoms with Crippen LogP contribution in [0.4, 0.5) is 11.8 Å². The highest BCUT2D eigenvalue weighted by atomic mass is 16.5. The minimum atomic E-state index is 0.610. The van der Waals surface area contributed by atoms with Crippen LogP contribution >= 0.6 is 0 Å². The largest absolute Gasteiger partial charge is 0.493 e. The Morgan fingerprint density at radius 2 is 1.64 bits per heavy atom. The zero-order valence-corrected chi connectivity index (χ0v) is 16.5. The van der Waals surface area contributed by atoms with Gasteiger partial charge in [-0.3, -0.25) is 0 Å². The van der Waals surface area contributed by atoms with Gasteiger partial charge in [0.05, 0.1) is 19.9 Å². The first kappa shape index (κ1) is 19.5. The number of methoxy groups -OCH3 is 2. The van der Waals surface area contributed by atoms with Gasteiger partial charge in [-0.15, -0.1) is 0 Å². The molecule has 2 N–H and O–H groups in total. The van der Waals surface area contributed by atoms with Crippen molar-refractivity contribution in [2.24, 2.45) is 0 Å². The average molecular weight is 378 g/mol. The number of nitrogens with one attached hydrogen (secondary N) is 2. The van der Waals surface area contributed by atoms with Crippen molar-refractivity contribution in [3.8, 4) is 22.8 Å². The molecule has 0 atom stereocenters. The molecule has 0 bridgehead atoms. The summed E-state index contributed by atoms with van der Waals surface area (Å²) in [6.07, 6.45) is 1.01. The van der Waals surface area contributed by atoms with Crippen molar-refractivity contribution < 1.29 is 9.47 Å². The van der Waals surface area contributed by atoms with E-state index in [1.54, 1.807) is 14.2 Å². The fourth-order valence-corrected chi connectivity index (χ4v) is 2.79. The number of hydrogen-bond acceptors (Lipinski definition) is 6. The third-order valence-corrected chi connectivity index (χ3v) is 4.25. The molecular weight excluding hydrogens is 352 g/mol.